The van der Waals surface area contributed by atoms with Crippen LogP contribution in [-0.4, -0.2) is 21.4 Å². The second kappa shape index (κ2) is 6.31. The molecule has 6 heteroatoms. The van der Waals surface area contributed by atoms with Crippen molar-refractivity contribution in [2.45, 2.75) is 26.3 Å². The Hall–Kier alpha value is -2.89. The Balaban J connectivity index is 2.07. The molecule has 0 bridgehead atoms. The number of hydrazone groups is 1. The van der Waals surface area contributed by atoms with E-state index in [4.69, 9.17) is 5.11 Å². The van der Waals surface area contributed by atoms with Gasteiger partial charge in [-0.1, -0.05) is 25.1 Å². The Labute approximate surface area is 139 Å². The molecule has 0 amide bonds. The first-order valence-electron chi connectivity index (χ1n) is 7.87. The average molecular weight is 325 g/mol. The van der Waals surface area contributed by atoms with E-state index in [-0.39, 0.29) is 17.5 Å². The summed E-state index contributed by atoms with van der Waals surface area (Å²) < 4.78 is 1.54. The van der Waals surface area contributed by atoms with Gasteiger partial charge in [0, 0.05) is 12.0 Å². The Morgan fingerprint density at radius 3 is 2.58 bits per heavy atom. The highest BCUT2D eigenvalue weighted by molar-refractivity contribution is 6.02. The standard InChI is InChI=1S/C18H19N3O3/c1-11-10-12(2)21-15(9-8-14(17(21)22)18(23)24)16(11)20-19-13-6-4-3-5-7-13/h3-9,11-12,19H,10H2,1-2H3,(H,23,24). The van der Waals surface area contributed by atoms with E-state index >= 15 is 0 Å². The van der Waals surface area contributed by atoms with Gasteiger partial charge in [-0.2, -0.15) is 5.10 Å². The molecule has 124 valence electrons. The van der Waals surface area contributed by atoms with Crippen molar-refractivity contribution < 1.29 is 9.90 Å². The van der Waals surface area contributed by atoms with E-state index in [1.54, 1.807) is 6.07 Å². The fraction of sp³-hybridized carbons (Fsp3) is 0.278. The highest BCUT2D eigenvalue weighted by Crippen LogP contribution is 2.28. The monoisotopic (exact) mass is 325 g/mol. The molecule has 0 aliphatic carbocycles. The number of nitrogens with one attached hydrogen (secondary N) is 1. The molecular formula is C18H19N3O3. The van der Waals surface area contributed by atoms with Crippen molar-refractivity contribution >= 4 is 17.4 Å². The Morgan fingerprint density at radius 1 is 1.21 bits per heavy atom. The lowest BCUT2D eigenvalue weighted by Crippen LogP contribution is -2.39. The van der Waals surface area contributed by atoms with Crippen LogP contribution in [0.3, 0.4) is 0 Å². The minimum atomic E-state index is -1.21. The summed E-state index contributed by atoms with van der Waals surface area (Å²) in [5, 5.41) is 13.7. The highest BCUT2D eigenvalue weighted by Gasteiger charge is 2.29. The number of pyridine rings is 1. The zero-order valence-corrected chi connectivity index (χ0v) is 13.6. The summed E-state index contributed by atoms with van der Waals surface area (Å²) in [6.07, 6.45) is 0.727. The van der Waals surface area contributed by atoms with Crippen molar-refractivity contribution in [1.29, 1.82) is 0 Å². The van der Waals surface area contributed by atoms with Gasteiger partial charge < -0.3 is 9.67 Å². The maximum Gasteiger partial charge on any atom is 0.341 e. The molecule has 0 radical (unpaired) electrons. The molecule has 2 atom stereocenters. The fourth-order valence-corrected chi connectivity index (χ4v) is 3.15. The molecule has 1 aliphatic rings. The summed E-state index contributed by atoms with van der Waals surface area (Å²) in [6.45, 7) is 3.98. The van der Waals surface area contributed by atoms with Gasteiger partial charge >= 0.3 is 5.97 Å². The maximum atomic E-state index is 12.5. The van der Waals surface area contributed by atoms with E-state index in [1.165, 1.54) is 10.6 Å². The summed E-state index contributed by atoms with van der Waals surface area (Å²) in [4.78, 5) is 23.7. The zero-order chi connectivity index (χ0) is 17.3. The number of aromatic carboxylic acids is 1. The van der Waals surface area contributed by atoms with Crippen LogP contribution in [-0.2, 0) is 0 Å². The average Bonchev–Trinajstić information content (AvgIpc) is 2.55. The van der Waals surface area contributed by atoms with E-state index in [0.29, 0.717) is 5.69 Å². The summed E-state index contributed by atoms with van der Waals surface area (Å²) in [7, 11) is 0. The molecule has 0 spiro atoms. The molecule has 2 heterocycles. The maximum absolute atomic E-state index is 12.5. The molecule has 6 nitrogen and oxygen atoms in total. The van der Waals surface area contributed by atoms with Gasteiger partial charge in [-0.25, -0.2) is 4.79 Å². The zero-order valence-electron chi connectivity index (χ0n) is 13.6. The molecule has 2 aromatic rings. The summed E-state index contributed by atoms with van der Waals surface area (Å²) in [6, 6.07) is 12.5. The van der Waals surface area contributed by atoms with Crippen LogP contribution < -0.4 is 11.0 Å². The lowest BCUT2D eigenvalue weighted by atomic mass is 9.90. The van der Waals surface area contributed by atoms with E-state index in [0.717, 1.165) is 17.8 Å². The molecule has 24 heavy (non-hydrogen) atoms. The van der Waals surface area contributed by atoms with Crippen LogP contribution >= 0.6 is 0 Å². The highest BCUT2D eigenvalue weighted by atomic mass is 16.4. The van der Waals surface area contributed by atoms with Gasteiger partial charge in [0.15, 0.2) is 0 Å². The summed E-state index contributed by atoms with van der Waals surface area (Å²) in [5.41, 5.74) is 4.60. The lowest BCUT2D eigenvalue weighted by molar-refractivity contribution is 0.0694. The lowest BCUT2D eigenvalue weighted by Gasteiger charge is -2.30. The summed E-state index contributed by atoms with van der Waals surface area (Å²) in [5.74, 6) is -1.05. The molecule has 2 N–H and O–H groups in total. The SMILES string of the molecule is CC1CC(C)n2c(ccc(C(=O)O)c2=O)C1=NNc1ccccc1. The Bertz CT molecular complexity index is 856. The number of fused-ring (bicyclic) bond motifs is 1. The van der Waals surface area contributed by atoms with Gasteiger partial charge in [0.25, 0.3) is 5.56 Å². The topological polar surface area (TPSA) is 83.7 Å². The predicted octanol–water partition coefficient (Wildman–Crippen LogP) is 2.96. The molecule has 1 aliphatic heterocycles. The molecule has 1 aromatic heterocycles. The van der Waals surface area contributed by atoms with Crippen LogP contribution in [0.25, 0.3) is 0 Å². The number of anilines is 1. The summed E-state index contributed by atoms with van der Waals surface area (Å²) >= 11 is 0. The molecule has 3 rings (SSSR count). The van der Waals surface area contributed by atoms with Gasteiger partial charge in [0.1, 0.15) is 5.56 Å². The van der Waals surface area contributed by atoms with Gasteiger partial charge in [-0.15, -0.1) is 0 Å². The fourth-order valence-electron chi connectivity index (χ4n) is 3.15. The smallest absolute Gasteiger partial charge is 0.341 e. The van der Waals surface area contributed by atoms with Gasteiger partial charge in [0.2, 0.25) is 0 Å². The third-order valence-corrected chi connectivity index (χ3v) is 4.29. The largest absolute Gasteiger partial charge is 0.477 e. The van der Waals surface area contributed by atoms with Gasteiger partial charge in [-0.05, 0) is 37.6 Å². The van der Waals surface area contributed by atoms with Gasteiger partial charge in [-0.3, -0.25) is 10.2 Å². The van der Waals surface area contributed by atoms with Crippen LogP contribution in [0.2, 0.25) is 0 Å². The quantitative estimate of drug-likeness (QED) is 0.850. The molecule has 0 saturated carbocycles. The number of carbonyl (C=O) groups is 1. The van der Waals surface area contributed by atoms with Crippen molar-refractivity contribution in [3.63, 3.8) is 0 Å². The predicted molar refractivity (Wildman–Crippen MR) is 92.8 cm³/mol. The molecule has 0 fully saturated rings. The minimum absolute atomic E-state index is 0.0718. The number of carboxylic acids is 1. The van der Waals surface area contributed by atoms with Crippen molar-refractivity contribution in [2.24, 2.45) is 11.0 Å². The number of carboxylic acid groups (broad SMARTS) is 1. The molecule has 1 aromatic carbocycles. The molecule has 2 unspecified atom stereocenters. The second-order valence-electron chi connectivity index (χ2n) is 6.07. The first-order chi connectivity index (χ1) is 11.5. The Morgan fingerprint density at radius 2 is 1.92 bits per heavy atom. The first kappa shape index (κ1) is 16.0. The van der Waals surface area contributed by atoms with Crippen LogP contribution in [0.5, 0.6) is 0 Å². The minimum Gasteiger partial charge on any atom is -0.477 e. The Kier molecular flexibility index (Phi) is 4.20. The van der Waals surface area contributed by atoms with E-state index in [2.05, 4.69) is 17.5 Å². The first-order valence-corrected chi connectivity index (χ1v) is 7.87. The number of hydrogen-bond donors (Lipinski definition) is 2. The number of nitrogens with zero attached hydrogens (tertiary/aromatic N) is 2. The van der Waals surface area contributed by atoms with Crippen molar-refractivity contribution in [2.75, 3.05) is 5.43 Å². The third kappa shape index (κ3) is 2.82. The van der Waals surface area contributed by atoms with Crippen LogP contribution in [0.4, 0.5) is 5.69 Å². The second-order valence-corrected chi connectivity index (χ2v) is 6.07. The molecule has 0 saturated heterocycles. The van der Waals surface area contributed by atoms with E-state index in [1.807, 2.05) is 37.3 Å². The van der Waals surface area contributed by atoms with Crippen molar-refractivity contribution in [1.82, 2.24) is 4.57 Å². The number of hydrogen-bond acceptors (Lipinski definition) is 4. The van der Waals surface area contributed by atoms with E-state index < -0.39 is 11.5 Å². The molecular weight excluding hydrogens is 306 g/mol. The van der Waals surface area contributed by atoms with Crippen LogP contribution in [0, 0.1) is 5.92 Å². The van der Waals surface area contributed by atoms with Gasteiger partial charge in [0.05, 0.1) is 17.1 Å². The van der Waals surface area contributed by atoms with Crippen molar-refractivity contribution in [3.8, 4) is 0 Å². The number of para-hydroxylation sites is 1. The number of aromatic nitrogens is 1. The van der Waals surface area contributed by atoms with Crippen molar-refractivity contribution in [3.05, 3.63) is 64.1 Å². The normalized spacial score (nSPS) is 21.3. The third-order valence-electron chi connectivity index (χ3n) is 4.29. The number of benzene rings is 1. The van der Waals surface area contributed by atoms with E-state index in [9.17, 15) is 9.59 Å². The van der Waals surface area contributed by atoms with Crippen LogP contribution in [0.1, 0.15) is 42.4 Å². The van der Waals surface area contributed by atoms with Crippen LogP contribution in [0.15, 0.2) is 52.4 Å². The number of rotatable bonds is 3.